The maximum atomic E-state index is 12.1. The van der Waals surface area contributed by atoms with Crippen molar-refractivity contribution >= 4 is 18.0 Å². The zero-order valence-electron chi connectivity index (χ0n) is 12.8. The number of rotatable bonds is 4. The Hall–Kier alpha value is -3.15. The molecule has 0 aromatic heterocycles. The van der Waals surface area contributed by atoms with Crippen LogP contribution in [0.3, 0.4) is 0 Å². The van der Waals surface area contributed by atoms with Gasteiger partial charge in [-0.15, -0.1) is 0 Å². The summed E-state index contributed by atoms with van der Waals surface area (Å²) in [5.74, 6) is -0.990. The number of alkyl carbamates (subject to hydrolysis) is 1. The highest BCUT2D eigenvalue weighted by atomic mass is 16.6. The van der Waals surface area contributed by atoms with Crippen molar-refractivity contribution < 1.29 is 19.1 Å². The molecule has 1 heterocycles. The summed E-state index contributed by atoms with van der Waals surface area (Å²) in [4.78, 5) is 34.6. The van der Waals surface area contributed by atoms with Crippen LogP contribution in [0.5, 0.6) is 0 Å². The SMILES string of the molecule is O=C1CC(C(=O)OC(=O)NC(c2ccccc2)c2ccccc2)N1. The lowest BCUT2D eigenvalue weighted by Gasteiger charge is -2.25. The number of amides is 2. The van der Waals surface area contributed by atoms with Crippen LogP contribution in [0, 0.1) is 0 Å². The van der Waals surface area contributed by atoms with Crippen LogP contribution in [0.2, 0.25) is 0 Å². The number of benzene rings is 2. The van der Waals surface area contributed by atoms with Gasteiger partial charge in [0.25, 0.3) is 0 Å². The van der Waals surface area contributed by atoms with E-state index in [0.717, 1.165) is 11.1 Å². The lowest BCUT2D eigenvalue weighted by atomic mass is 9.99. The molecule has 2 aromatic carbocycles. The Balaban J connectivity index is 1.71. The van der Waals surface area contributed by atoms with Crippen molar-refractivity contribution in [2.45, 2.75) is 18.5 Å². The summed E-state index contributed by atoms with van der Waals surface area (Å²) in [5.41, 5.74) is 1.73. The monoisotopic (exact) mass is 324 g/mol. The largest absolute Gasteiger partial charge is 0.415 e. The Kier molecular flexibility index (Phi) is 4.56. The van der Waals surface area contributed by atoms with Gasteiger partial charge in [0.1, 0.15) is 6.04 Å². The van der Waals surface area contributed by atoms with Gasteiger partial charge in [-0.05, 0) is 11.1 Å². The molecule has 2 amide bonds. The highest BCUT2D eigenvalue weighted by Crippen LogP contribution is 2.22. The molecule has 0 spiro atoms. The first kappa shape index (κ1) is 15.7. The molecule has 6 nitrogen and oxygen atoms in total. The Morgan fingerprint density at radius 3 is 1.96 bits per heavy atom. The fraction of sp³-hybridized carbons (Fsp3) is 0.167. The first-order valence-corrected chi connectivity index (χ1v) is 7.55. The van der Waals surface area contributed by atoms with Crippen LogP contribution < -0.4 is 10.6 Å². The average Bonchev–Trinajstić information content (AvgIpc) is 2.58. The van der Waals surface area contributed by atoms with Crippen LogP contribution in [-0.4, -0.2) is 24.0 Å². The summed E-state index contributed by atoms with van der Waals surface area (Å²) in [5, 5.41) is 5.07. The molecule has 24 heavy (non-hydrogen) atoms. The molecule has 1 aliphatic rings. The summed E-state index contributed by atoms with van der Waals surface area (Å²) in [6, 6.07) is 17.6. The van der Waals surface area contributed by atoms with Crippen LogP contribution in [0.25, 0.3) is 0 Å². The van der Waals surface area contributed by atoms with E-state index >= 15 is 0 Å². The van der Waals surface area contributed by atoms with E-state index in [0.29, 0.717) is 0 Å². The van der Waals surface area contributed by atoms with Gasteiger partial charge in [-0.3, -0.25) is 4.79 Å². The van der Waals surface area contributed by atoms with Gasteiger partial charge in [-0.25, -0.2) is 9.59 Å². The molecular formula is C18H16N2O4. The summed E-state index contributed by atoms with van der Waals surface area (Å²) >= 11 is 0. The number of carbonyl (C=O) groups is 3. The van der Waals surface area contributed by atoms with E-state index < -0.39 is 24.1 Å². The predicted molar refractivity (Wildman–Crippen MR) is 85.9 cm³/mol. The molecule has 0 aliphatic carbocycles. The second-order valence-electron chi connectivity index (χ2n) is 5.43. The van der Waals surface area contributed by atoms with E-state index in [1.807, 2.05) is 60.7 Å². The molecule has 2 N–H and O–H groups in total. The molecule has 3 rings (SSSR count). The Bertz CT molecular complexity index is 699. The van der Waals surface area contributed by atoms with Crippen molar-refractivity contribution in [1.29, 1.82) is 0 Å². The third-order valence-electron chi connectivity index (χ3n) is 3.73. The first-order valence-electron chi connectivity index (χ1n) is 7.55. The van der Waals surface area contributed by atoms with Crippen molar-refractivity contribution in [3.8, 4) is 0 Å². The van der Waals surface area contributed by atoms with Crippen LogP contribution in [0.15, 0.2) is 60.7 Å². The fourth-order valence-electron chi connectivity index (χ4n) is 2.46. The van der Waals surface area contributed by atoms with Crippen LogP contribution in [-0.2, 0) is 14.3 Å². The molecule has 122 valence electrons. The molecule has 1 saturated heterocycles. The van der Waals surface area contributed by atoms with E-state index in [1.54, 1.807) is 0 Å². The highest BCUT2D eigenvalue weighted by molar-refractivity contribution is 5.98. The summed E-state index contributed by atoms with van der Waals surface area (Å²) < 4.78 is 4.77. The Morgan fingerprint density at radius 2 is 1.50 bits per heavy atom. The minimum Gasteiger partial charge on any atom is -0.375 e. The van der Waals surface area contributed by atoms with Gasteiger partial charge in [-0.1, -0.05) is 60.7 Å². The minimum absolute atomic E-state index is 0.0485. The fourth-order valence-corrected chi connectivity index (χ4v) is 2.46. The van der Waals surface area contributed by atoms with E-state index in [2.05, 4.69) is 10.6 Å². The molecule has 0 radical (unpaired) electrons. The molecule has 6 heteroatoms. The van der Waals surface area contributed by atoms with Gasteiger partial charge in [0.05, 0.1) is 12.5 Å². The lowest BCUT2D eigenvalue weighted by Crippen LogP contribution is -2.54. The molecule has 2 aromatic rings. The third-order valence-corrected chi connectivity index (χ3v) is 3.73. The second kappa shape index (κ2) is 6.95. The normalized spacial score (nSPS) is 16.0. The Morgan fingerprint density at radius 1 is 1.00 bits per heavy atom. The standard InChI is InChI=1S/C18H16N2O4/c21-15-11-14(19-15)17(22)24-18(23)20-16(12-7-3-1-4-8-12)13-9-5-2-6-10-13/h1-10,14,16H,11H2,(H,19,21)(H,20,23). The van der Waals surface area contributed by atoms with Crippen LogP contribution >= 0.6 is 0 Å². The van der Waals surface area contributed by atoms with Crippen molar-refractivity contribution in [1.82, 2.24) is 10.6 Å². The minimum atomic E-state index is -0.848. The van der Waals surface area contributed by atoms with E-state index in [4.69, 9.17) is 4.74 Å². The molecule has 1 atom stereocenters. The maximum Gasteiger partial charge on any atom is 0.415 e. The number of carbonyl (C=O) groups excluding carboxylic acids is 3. The molecule has 1 aliphatic heterocycles. The molecular weight excluding hydrogens is 308 g/mol. The van der Waals surface area contributed by atoms with Gasteiger partial charge in [0, 0.05) is 0 Å². The third kappa shape index (κ3) is 3.60. The number of hydrogen-bond donors (Lipinski definition) is 2. The molecule has 0 bridgehead atoms. The predicted octanol–water partition coefficient (Wildman–Crippen LogP) is 1.92. The van der Waals surface area contributed by atoms with Gasteiger partial charge < -0.3 is 15.4 Å². The van der Waals surface area contributed by atoms with E-state index in [9.17, 15) is 14.4 Å². The quantitative estimate of drug-likeness (QED) is 0.511. The summed E-state index contributed by atoms with van der Waals surface area (Å²) in [6.07, 6.45) is -0.800. The maximum absolute atomic E-state index is 12.1. The topological polar surface area (TPSA) is 84.5 Å². The smallest absolute Gasteiger partial charge is 0.375 e. The van der Waals surface area contributed by atoms with Gasteiger partial charge in [0.15, 0.2) is 0 Å². The van der Waals surface area contributed by atoms with E-state index in [1.165, 1.54) is 0 Å². The number of esters is 1. The molecule has 1 fully saturated rings. The van der Waals surface area contributed by atoms with Crippen molar-refractivity contribution in [2.75, 3.05) is 0 Å². The van der Waals surface area contributed by atoms with Crippen molar-refractivity contribution in [3.05, 3.63) is 71.8 Å². The van der Waals surface area contributed by atoms with Crippen LogP contribution in [0.1, 0.15) is 23.6 Å². The van der Waals surface area contributed by atoms with Crippen molar-refractivity contribution in [2.24, 2.45) is 0 Å². The zero-order valence-corrected chi connectivity index (χ0v) is 12.8. The average molecular weight is 324 g/mol. The first-order chi connectivity index (χ1) is 11.6. The molecule has 0 saturated carbocycles. The lowest BCUT2D eigenvalue weighted by molar-refractivity contribution is -0.148. The number of β-lactam (4-membered cyclic amide) rings is 1. The number of hydrogen-bond acceptors (Lipinski definition) is 4. The zero-order chi connectivity index (χ0) is 16.9. The van der Waals surface area contributed by atoms with Gasteiger partial charge in [0.2, 0.25) is 5.91 Å². The number of ether oxygens (including phenoxy) is 1. The van der Waals surface area contributed by atoms with Gasteiger partial charge >= 0.3 is 12.1 Å². The summed E-state index contributed by atoms with van der Waals surface area (Å²) in [6.45, 7) is 0. The summed E-state index contributed by atoms with van der Waals surface area (Å²) in [7, 11) is 0. The Labute approximate surface area is 138 Å². The number of nitrogens with one attached hydrogen (secondary N) is 2. The second-order valence-corrected chi connectivity index (χ2v) is 5.43. The molecule has 1 unspecified atom stereocenters. The highest BCUT2D eigenvalue weighted by Gasteiger charge is 2.34. The van der Waals surface area contributed by atoms with Crippen LogP contribution in [0.4, 0.5) is 4.79 Å². The van der Waals surface area contributed by atoms with Gasteiger partial charge in [-0.2, -0.15) is 0 Å². The van der Waals surface area contributed by atoms with E-state index in [-0.39, 0.29) is 12.3 Å². The van der Waals surface area contributed by atoms with Crippen molar-refractivity contribution in [3.63, 3.8) is 0 Å².